The summed E-state index contributed by atoms with van der Waals surface area (Å²) in [5, 5.41) is 0. The summed E-state index contributed by atoms with van der Waals surface area (Å²) in [7, 11) is 2.91. The highest BCUT2D eigenvalue weighted by molar-refractivity contribution is 8.00. The quantitative estimate of drug-likeness (QED) is 0.370. The van der Waals surface area contributed by atoms with E-state index < -0.39 is 15.7 Å². The van der Waals surface area contributed by atoms with Gasteiger partial charge in [-0.2, -0.15) is 0 Å². The molecule has 0 fully saturated rings. The average molecular weight is 141 g/mol. The monoisotopic (exact) mass is 140 g/mol. The van der Waals surface area contributed by atoms with Crippen LogP contribution in [0, 0.1) is 0 Å². The molecule has 7 heavy (non-hydrogen) atoms. The third-order valence-corrected chi connectivity index (χ3v) is 0.808. The van der Waals surface area contributed by atoms with Crippen molar-refractivity contribution in [3.05, 3.63) is 0 Å². The second-order valence-electron chi connectivity index (χ2n) is 0.817. The van der Waals surface area contributed by atoms with Gasteiger partial charge in [0.2, 0.25) is 5.91 Å². The molecular formula is C2H3ClNO2S-. The van der Waals surface area contributed by atoms with Crippen LogP contribution in [0.4, 0.5) is 0 Å². The van der Waals surface area contributed by atoms with Crippen LogP contribution in [0.25, 0.3) is 0 Å². The zero-order chi connectivity index (χ0) is 5.86. The highest BCUT2D eigenvalue weighted by atomic mass is 35.7. The molecule has 0 radical (unpaired) electrons. The number of rotatable bonds is 0. The lowest BCUT2D eigenvalue weighted by atomic mass is 10.8. The Hall–Kier alpha value is -0.0900. The molecule has 0 aliphatic carbocycles. The van der Waals surface area contributed by atoms with E-state index in [4.69, 9.17) is 10.7 Å². The lowest BCUT2D eigenvalue weighted by Crippen LogP contribution is -1.78. The van der Waals surface area contributed by atoms with Crippen molar-refractivity contribution in [1.82, 2.24) is 0 Å². The molecule has 0 aromatic carbocycles. The molecule has 0 aromatic rings. The molecule has 0 spiro atoms. The van der Waals surface area contributed by atoms with Crippen LogP contribution in [-0.4, -0.2) is 5.91 Å². The molecule has 42 valence electrons. The molecule has 0 heterocycles. The molecule has 0 N–H and O–H groups in total. The highest BCUT2D eigenvalue weighted by Crippen LogP contribution is 1.80. The first-order valence-electron chi connectivity index (χ1n) is 1.43. The van der Waals surface area contributed by atoms with E-state index >= 15 is 0 Å². The fraction of sp³-hybridized carbons (Fsp3) is 0.500. The van der Waals surface area contributed by atoms with E-state index in [-0.39, 0.29) is 0 Å². The Kier molecular flexibility index (Phi) is 2.95. The maximum Gasteiger partial charge on any atom is 0.220 e. The van der Waals surface area contributed by atoms with Crippen molar-refractivity contribution < 1.29 is 9.00 Å². The fourth-order valence-electron chi connectivity index (χ4n) is 0.101. The van der Waals surface area contributed by atoms with Gasteiger partial charge in [-0.3, -0.25) is 4.79 Å². The van der Waals surface area contributed by atoms with E-state index in [9.17, 15) is 9.00 Å². The molecule has 0 aliphatic heterocycles. The fourth-order valence-corrected chi connectivity index (χ4v) is 0.595. The minimum Gasteiger partial charge on any atom is -0.429 e. The van der Waals surface area contributed by atoms with Gasteiger partial charge in [-0.15, -0.1) is 0 Å². The summed E-state index contributed by atoms with van der Waals surface area (Å²) in [6, 6.07) is 0. The Bertz CT molecular complexity index is 148. The number of carbonyl (C=O) groups excluding carboxylic acids is 1. The zero-order valence-electron chi connectivity index (χ0n) is 3.55. The van der Waals surface area contributed by atoms with Gasteiger partial charge < -0.3 is 8.57 Å². The topological polar surface area (TPSA) is 46.5 Å². The lowest BCUT2D eigenvalue weighted by molar-refractivity contribution is -0.115. The maximum atomic E-state index is 9.81. The molecule has 0 saturated carbocycles. The van der Waals surface area contributed by atoms with Gasteiger partial charge in [0.25, 0.3) is 0 Å². The second-order valence-corrected chi connectivity index (χ2v) is 2.20. The van der Waals surface area contributed by atoms with Crippen LogP contribution in [0.1, 0.15) is 6.92 Å². The second kappa shape index (κ2) is 2.98. The Morgan fingerprint density at radius 2 is 2.29 bits per heavy atom. The van der Waals surface area contributed by atoms with Crippen molar-refractivity contribution in [2.24, 2.45) is 4.36 Å². The third-order valence-electron chi connectivity index (χ3n) is 0.200. The van der Waals surface area contributed by atoms with Gasteiger partial charge in [-0.1, -0.05) is 9.81 Å². The molecule has 0 unspecified atom stereocenters. The first-order valence-corrected chi connectivity index (χ1v) is 3.36. The van der Waals surface area contributed by atoms with E-state index in [1.807, 2.05) is 0 Å². The summed E-state index contributed by atoms with van der Waals surface area (Å²) < 4.78 is 12.6. The molecular weight excluding hydrogens is 138 g/mol. The van der Waals surface area contributed by atoms with Crippen molar-refractivity contribution in [3.63, 3.8) is 0 Å². The predicted octanol–water partition coefficient (Wildman–Crippen LogP) is 0.834. The molecule has 3 nitrogen and oxygen atoms in total. The molecule has 0 bridgehead atoms. The van der Waals surface area contributed by atoms with Crippen LogP contribution in [0.2, 0.25) is 0 Å². The molecule has 0 atom stereocenters. The summed E-state index contributed by atoms with van der Waals surface area (Å²) in [5.41, 5.74) is 0. The number of carbonyl (C=O) groups is 1. The van der Waals surface area contributed by atoms with Crippen LogP contribution in [-0.2, 0) is 18.8 Å². The van der Waals surface area contributed by atoms with Crippen LogP contribution in [0.15, 0.2) is 4.36 Å². The minimum atomic E-state index is -1.85. The van der Waals surface area contributed by atoms with E-state index in [2.05, 4.69) is 4.36 Å². The predicted molar refractivity (Wildman–Crippen MR) is 27.0 cm³/mol. The number of hydrogen-bond donors (Lipinski definition) is 0. The number of halogens is 1. The van der Waals surface area contributed by atoms with Crippen LogP contribution in [0.5, 0.6) is 0 Å². The van der Waals surface area contributed by atoms with Gasteiger partial charge in [0.1, 0.15) is 0 Å². The summed E-state index contributed by atoms with van der Waals surface area (Å²) >= 11 is 0. The SMILES string of the molecule is CC(=O)N=[S-](=O)Cl. The number of nitrogens with zero attached hydrogens (tertiary/aromatic N) is 1. The van der Waals surface area contributed by atoms with Crippen LogP contribution in [0.3, 0.4) is 0 Å². The first-order chi connectivity index (χ1) is 3.13. The van der Waals surface area contributed by atoms with Crippen molar-refractivity contribution >= 4 is 26.4 Å². The minimum absolute atomic E-state index is 0.520. The summed E-state index contributed by atoms with van der Waals surface area (Å²) in [5.74, 6) is -0.520. The summed E-state index contributed by atoms with van der Waals surface area (Å²) in [6.45, 7) is 1.18. The van der Waals surface area contributed by atoms with Gasteiger partial charge >= 0.3 is 0 Å². The van der Waals surface area contributed by atoms with Gasteiger partial charge in [-0.25, -0.2) is 10.7 Å². The molecule has 0 aliphatic rings. The summed E-state index contributed by atoms with van der Waals surface area (Å²) in [6.07, 6.45) is 0. The molecule has 0 aromatic heterocycles. The van der Waals surface area contributed by atoms with E-state index in [1.165, 1.54) is 6.92 Å². The van der Waals surface area contributed by atoms with Crippen molar-refractivity contribution in [2.45, 2.75) is 6.92 Å². The zero-order valence-corrected chi connectivity index (χ0v) is 5.12. The van der Waals surface area contributed by atoms with Gasteiger partial charge in [0.15, 0.2) is 0 Å². The van der Waals surface area contributed by atoms with Gasteiger partial charge in [-0.05, 0) is 0 Å². The molecule has 0 saturated heterocycles. The van der Waals surface area contributed by atoms with Crippen molar-refractivity contribution in [1.29, 1.82) is 0 Å². The Morgan fingerprint density at radius 3 is 2.29 bits per heavy atom. The third kappa shape index (κ3) is 5.91. The highest BCUT2D eigenvalue weighted by Gasteiger charge is 1.71. The van der Waals surface area contributed by atoms with Crippen LogP contribution < -0.4 is 0 Å². The van der Waals surface area contributed by atoms with E-state index in [0.29, 0.717) is 0 Å². The van der Waals surface area contributed by atoms with Gasteiger partial charge in [0.05, 0.1) is 0 Å². The standard InChI is InChI=1S/C2H3ClNO2S/c1-2(5)4-7(3)6/h1H3/q-1. The average Bonchev–Trinajstić information content (AvgIpc) is 1.27. The Labute approximate surface area is 47.4 Å². The maximum absolute atomic E-state index is 9.81. The Morgan fingerprint density at radius 1 is 1.86 bits per heavy atom. The normalized spacial score (nSPS) is 14.0. The van der Waals surface area contributed by atoms with Crippen molar-refractivity contribution in [2.75, 3.05) is 0 Å². The summed E-state index contributed by atoms with van der Waals surface area (Å²) in [4.78, 5) is 9.81. The van der Waals surface area contributed by atoms with Crippen LogP contribution >= 0.6 is 10.7 Å². The van der Waals surface area contributed by atoms with Crippen molar-refractivity contribution in [3.8, 4) is 0 Å². The molecule has 5 heteroatoms. The number of amides is 1. The molecule has 1 amide bonds. The number of hydrogen-bond acceptors (Lipinski definition) is 3. The Balaban J connectivity index is 3.95. The lowest BCUT2D eigenvalue weighted by Gasteiger charge is -1.83. The smallest absolute Gasteiger partial charge is 0.220 e. The molecule has 0 rings (SSSR count). The van der Waals surface area contributed by atoms with E-state index in [1.54, 1.807) is 0 Å². The van der Waals surface area contributed by atoms with E-state index in [0.717, 1.165) is 0 Å². The largest absolute Gasteiger partial charge is 0.429 e. The first kappa shape index (κ1) is 6.91. The van der Waals surface area contributed by atoms with Gasteiger partial charge in [0, 0.05) is 6.92 Å².